The van der Waals surface area contributed by atoms with Gasteiger partial charge in [0, 0.05) is 41.9 Å². The van der Waals surface area contributed by atoms with Crippen molar-refractivity contribution < 1.29 is 14.3 Å². The van der Waals surface area contributed by atoms with Gasteiger partial charge in [-0.15, -0.1) is 0 Å². The van der Waals surface area contributed by atoms with Gasteiger partial charge in [0.15, 0.2) is 0 Å². The van der Waals surface area contributed by atoms with E-state index in [1.165, 1.54) is 0 Å². The minimum atomic E-state index is -0.164. The number of anilines is 1. The second kappa shape index (κ2) is 9.19. The van der Waals surface area contributed by atoms with Crippen LogP contribution in [0.15, 0.2) is 59.5 Å². The van der Waals surface area contributed by atoms with E-state index in [0.29, 0.717) is 42.0 Å². The number of hydrogen-bond donors (Lipinski definition) is 1. The van der Waals surface area contributed by atoms with Gasteiger partial charge in [-0.25, -0.2) is 0 Å². The number of benzene rings is 2. The number of amides is 1. The van der Waals surface area contributed by atoms with Gasteiger partial charge in [-0.3, -0.25) is 9.59 Å². The van der Waals surface area contributed by atoms with Gasteiger partial charge in [-0.05, 0) is 31.2 Å². The first-order valence-electron chi connectivity index (χ1n) is 9.25. The molecule has 6 nitrogen and oxygen atoms in total. The molecule has 0 spiro atoms. The fourth-order valence-corrected chi connectivity index (χ4v) is 3.11. The van der Waals surface area contributed by atoms with Crippen LogP contribution in [0.2, 0.25) is 0 Å². The van der Waals surface area contributed by atoms with E-state index in [9.17, 15) is 9.59 Å². The van der Waals surface area contributed by atoms with E-state index in [1.54, 1.807) is 36.1 Å². The molecule has 0 fully saturated rings. The molecule has 0 atom stereocenters. The second-order valence-corrected chi connectivity index (χ2v) is 6.34. The first kappa shape index (κ1) is 19.6. The van der Waals surface area contributed by atoms with Crippen LogP contribution in [0, 0.1) is 0 Å². The molecule has 0 saturated carbocycles. The zero-order valence-corrected chi connectivity index (χ0v) is 16.1. The fraction of sp³-hybridized carbons (Fsp3) is 0.273. The number of pyridine rings is 1. The highest BCUT2D eigenvalue weighted by Crippen LogP contribution is 2.23. The topological polar surface area (TPSA) is 69.6 Å². The zero-order chi connectivity index (χ0) is 19.9. The van der Waals surface area contributed by atoms with E-state index in [-0.39, 0.29) is 17.9 Å². The summed E-state index contributed by atoms with van der Waals surface area (Å²) in [5.74, 6) is 0.544. The molecule has 146 valence electrons. The number of aromatic nitrogens is 1. The average Bonchev–Trinajstić information content (AvgIpc) is 2.70. The smallest absolute Gasteiger partial charge is 0.258 e. The molecule has 28 heavy (non-hydrogen) atoms. The van der Waals surface area contributed by atoms with Gasteiger partial charge in [0.25, 0.3) is 5.56 Å². The minimum absolute atomic E-state index is 0.104. The van der Waals surface area contributed by atoms with Crippen molar-refractivity contribution in [3.05, 3.63) is 70.6 Å². The molecule has 0 unspecified atom stereocenters. The molecule has 3 rings (SSSR count). The van der Waals surface area contributed by atoms with Crippen LogP contribution in [-0.2, 0) is 22.5 Å². The number of methoxy groups -OCH3 is 1. The highest BCUT2D eigenvalue weighted by atomic mass is 16.5. The predicted octanol–water partition coefficient (Wildman–Crippen LogP) is 3.23. The monoisotopic (exact) mass is 380 g/mol. The van der Waals surface area contributed by atoms with Crippen molar-refractivity contribution in [1.29, 1.82) is 0 Å². The summed E-state index contributed by atoms with van der Waals surface area (Å²) in [5.41, 5.74) is 1.34. The van der Waals surface area contributed by atoms with Crippen LogP contribution >= 0.6 is 0 Å². The summed E-state index contributed by atoms with van der Waals surface area (Å²) in [5, 5.41) is 4.20. The van der Waals surface area contributed by atoms with Crippen molar-refractivity contribution in [2.75, 3.05) is 25.6 Å². The Morgan fingerprint density at radius 3 is 2.68 bits per heavy atom. The molecular formula is C22H24N2O4. The van der Waals surface area contributed by atoms with E-state index in [4.69, 9.17) is 9.47 Å². The van der Waals surface area contributed by atoms with Gasteiger partial charge in [0.1, 0.15) is 5.75 Å². The maximum Gasteiger partial charge on any atom is 0.258 e. The first-order chi connectivity index (χ1) is 13.6. The van der Waals surface area contributed by atoms with E-state index < -0.39 is 0 Å². The molecule has 1 amide bonds. The summed E-state index contributed by atoms with van der Waals surface area (Å²) in [4.78, 5) is 25.3. The Morgan fingerprint density at radius 1 is 1.07 bits per heavy atom. The summed E-state index contributed by atoms with van der Waals surface area (Å²) >= 11 is 0. The quantitative estimate of drug-likeness (QED) is 0.651. The molecule has 6 heteroatoms. The molecule has 1 heterocycles. The normalized spacial score (nSPS) is 10.8. The van der Waals surface area contributed by atoms with Crippen LogP contribution in [0.5, 0.6) is 5.75 Å². The molecule has 1 aromatic heterocycles. The molecule has 0 radical (unpaired) electrons. The highest BCUT2D eigenvalue weighted by molar-refractivity contribution is 6.02. The van der Waals surface area contributed by atoms with E-state index in [2.05, 4.69) is 5.32 Å². The van der Waals surface area contributed by atoms with Crippen molar-refractivity contribution in [3.8, 4) is 5.75 Å². The molecule has 0 aliphatic carbocycles. The standard InChI is InChI=1S/C22H24N2O4/c1-3-28-20-10-5-4-7-16(20)15-21(25)23-19-9-6-8-18-17(19)11-12-24(22(18)26)13-14-27-2/h4-12H,3,13-15H2,1-2H3,(H,23,25). The molecule has 0 saturated heterocycles. The van der Waals surface area contributed by atoms with Crippen LogP contribution < -0.4 is 15.6 Å². The van der Waals surface area contributed by atoms with Gasteiger partial charge in [-0.2, -0.15) is 0 Å². The number of fused-ring (bicyclic) bond motifs is 1. The Morgan fingerprint density at radius 2 is 1.89 bits per heavy atom. The Hall–Kier alpha value is -3.12. The summed E-state index contributed by atoms with van der Waals surface area (Å²) < 4.78 is 12.2. The average molecular weight is 380 g/mol. The van der Waals surface area contributed by atoms with Gasteiger partial charge >= 0.3 is 0 Å². The number of hydrogen-bond acceptors (Lipinski definition) is 4. The third-order valence-corrected chi connectivity index (χ3v) is 4.45. The lowest BCUT2D eigenvalue weighted by Crippen LogP contribution is -2.22. The summed E-state index contributed by atoms with van der Waals surface area (Å²) in [7, 11) is 1.60. The largest absolute Gasteiger partial charge is 0.494 e. The molecule has 2 aromatic carbocycles. The zero-order valence-electron chi connectivity index (χ0n) is 16.1. The lowest BCUT2D eigenvalue weighted by molar-refractivity contribution is -0.115. The lowest BCUT2D eigenvalue weighted by atomic mass is 10.1. The molecule has 1 N–H and O–H groups in total. The first-order valence-corrected chi connectivity index (χ1v) is 9.25. The van der Waals surface area contributed by atoms with E-state index >= 15 is 0 Å². The molecule has 0 aliphatic rings. The molecule has 0 aliphatic heterocycles. The highest BCUT2D eigenvalue weighted by Gasteiger charge is 2.12. The maximum absolute atomic E-state index is 12.7. The van der Waals surface area contributed by atoms with Gasteiger partial charge in [0.2, 0.25) is 5.91 Å². The predicted molar refractivity (Wildman–Crippen MR) is 110 cm³/mol. The minimum Gasteiger partial charge on any atom is -0.494 e. The van der Waals surface area contributed by atoms with Crippen molar-refractivity contribution in [2.24, 2.45) is 0 Å². The number of carbonyl (C=O) groups excluding carboxylic acids is 1. The summed E-state index contributed by atoms with van der Waals surface area (Å²) in [6.45, 7) is 3.39. The third-order valence-electron chi connectivity index (χ3n) is 4.45. The van der Waals surface area contributed by atoms with Crippen LogP contribution in [0.1, 0.15) is 12.5 Å². The number of rotatable bonds is 8. The summed E-state index contributed by atoms with van der Waals surface area (Å²) in [6.07, 6.45) is 1.92. The Kier molecular flexibility index (Phi) is 6.45. The third kappa shape index (κ3) is 4.40. The lowest BCUT2D eigenvalue weighted by Gasteiger charge is -2.12. The SMILES string of the molecule is CCOc1ccccc1CC(=O)Nc1cccc2c(=O)n(CCOC)ccc12. The Balaban J connectivity index is 1.83. The molecule has 0 bridgehead atoms. The number of carbonyl (C=O) groups is 1. The van der Waals surface area contributed by atoms with Crippen LogP contribution in [0.25, 0.3) is 10.8 Å². The number of nitrogens with one attached hydrogen (secondary N) is 1. The number of nitrogens with zero attached hydrogens (tertiary/aromatic N) is 1. The van der Waals surface area contributed by atoms with Crippen molar-refractivity contribution in [2.45, 2.75) is 19.9 Å². The van der Waals surface area contributed by atoms with E-state index in [1.807, 2.05) is 37.3 Å². The van der Waals surface area contributed by atoms with Gasteiger partial charge in [-0.1, -0.05) is 24.3 Å². The Bertz CT molecular complexity index is 1030. The number of ether oxygens (including phenoxy) is 2. The van der Waals surface area contributed by atoms with Gasteiger partial charge < -0.3 is 19.4 Å². The van der Waals surface area contributed by atoms with E-state index in [0.717, 1.165) is 5.56 Å². The van der Waals surface area contributed by atoms with Crippen LogP contribution in [0.4, 0.5) is 5.69 Å². The fourth-order valence-electron chi connectivity index (χ4n) is 3.11. The van der Waals surface area contributed by atoms with Crippen molar-refractivity contribution >= 4 is 22.4 Å². The van der Waals surface area contributed by atoms with Crippen LogP contribution in [-0.4, -0.2) is 30.8 Å². The summed E-state index contributed by atoms with van der Waals surface area (Å²) in [6, 6.07) is 14.7. The van der Waals surface area contributed by atoms with Crippen LogP contribution in [0.3, 0.4) is 0 Å². The Labute approximate surface area is 163 Å². The van der Waals surface area contributed by atoms with Crippen molar-refractivity contribution in [1.82, 2.24) is 4.57 Å². The maximum atomic E-state index is 12.7. The van der Waals surface area contributed by atoms with Crippen molar-refractivity contribution in [3.63, 3.8) is 0 Å². The van der Waals surface area contributed by atoms with Gasteiger partial charge in [0.05, 0.1) is 19.6 Å². The molecule has 3 aromatic rings. The second-order valence-electron chi connectivity index (χ2n) is 6.34. The molecular weight excluding hydrogens is 356 g/mol. The number of para-hydroxylation sites is 1.